The van der Waals surface area contributed by atoms with E-state index < -0.39 is 0 Å². The number of hydrogen-bond acceptors (Lipinski definition) is 4. The molecule has 1 N–H and O–H groups in total. The zero-order chi connectivity index (χ0) is 16.5. The van der Waals surface area contributed by atoms with Crippen molar-refractivity contribution in [2.75, 3.05) is 20.8 Å². The minimum absolute atomic E-state index is 0.138. The Kier molecular flexibility index (Phi) is 6.17. The van der Waals surface area contributed by atoms with Crippen LogP contribution >= 0.6 is 0 Å². The average molecular weight is 312 g/mol. The third-order valence-electron chi connectivity index (χ3n) is 3.30. The van der Waals surface area contributed by atoms with Crippen LogP contribution in [0.3, 0.4) is 0 Å². The zero-order valence-electron chi connectivity index (χ0n) is 13.3. The van der Waals surface area contributed by atoms with Gasteiger partial charge in [-0.3, -0.25) is 9.78 Å². The Labute approximate surface area is 136 Å². The van der Waals surface area contributed by atoms with Crippen LogP contribution in [0.1, 0.15) is 11.1 Å². The van der Waals surface area contributed by atoms with Gasteiger partial charge in [-0.05, 0) is 35.8 Å². The van der Waals surface area contributed by atoms with E-state index in [1.807, 2.05) is 30.3 Å². The highest BCUT2D eigenvalue weighted by molar-refractivity contribution is 5.91. The van der Waals surface area contributed by atoms with Crippen molar-refractivity contribution in [2.45, 2.75) is 6.42 Å². The lowest BCUT2D eigenvalue weighted by Gasteiger charge is -2.10. The van der Waals surface area contributed by atoms with Gasteiger partial charge in [-0.15, -0.1) is 0 Å². The maximum Gasteiger partial charge on any atom is 0.244 e. The Morgan fingerprint density at radius 2 is 2.13 bits per heavy atom. The predicted molar refractivity (Wildman–Crippen MR) is 89.5 cm³/mol. The fourth-order valence-electron chi connectivity index (χ4n) is 2.08. The van der Waals surface area contributed by atoms with E-state index in [1.165, 1.54) is 6.08 Å². The smallest absolute Gasteiger partial charge is 0.244 e. The number of nitrogens with zero attached hydrogens (tertiary/aromatic N) is 1. The summed E-state index contributed by atoms with van der Waals surface area (Å²) in [6, 6.07) is 9.36. The van der Waals surface area contributed by atoms with Crippen LogP contribution in [0.5, 0.6) is 11.5 Å². The van der Waals surface area contributed by atoms with Crippen molar-refractivity contribution >= 4 is 12.0 Å². The van der Waals surface area contributed by atoms with Crippen molar-refractivity contribution < 1.29 is 14.3 Å². The Bertz CT molecular complexity index is 669. The van der Waals surface area contributed by atoms with Crippen LogP contribution in [0.4, 0.5) is 0 Å². The Morgan fingerprint density at radius 1 is 1.26 bits per heavy atom. The van der Waals surface area contributed by atoms with Gasteiger partial charge in [-0.1, -0.05) is 12.1 Å². The second-order valence-corrected chi connectivity index (χ2v) is 4.84. The lowest BCUT2D eigenvalue weighted by atomic mass is 10.1. The van der Waals surface area contributed by atoms with Gasteiger partial charge >= 0.3 is 0 Å². The first-order chi connectivity index (χ1) is 11.2. The summed E-state index contributed by atoms with van der Waals surface area (Å²) < 4.78 is 10.5. The van der Waals surface area contributed by atoms with E-state index >= 15 is 0 Å². The highest BCUT2D eigenvalue weighted by Crippen LogP contribution is 2.24. The molecule has 120 valence electrons. The number of carbonyl (C=O) groups is 1. The highest BCUT2D eigenvalue weighted by Gasteiger charge is 2.05. The SMILES string of the molecule is COc1ccc(CCNC(=O)/C=C/c2cccnc2)c(OC)c1. The van der Waals surface area contributed by atoms with Crippen molar-refractivity contribution in [1.29, 1.82) is 0 Å². The topological polar surface area (TPSA) is 60.5 Å². The minimum Gasteiger partial charge on any atom is -0.497 e. The fraction of sp³-hybridized carbons (Fsp3) is 0.222. The first-order valence-electron chi connectivity index (χ1n) is 7.30. The molecule has 0 saturated heterocycles. The second-order valence-electron chi connectivity index (χ2n) is 4.84. The number of benzene rings is 1. The average Bonchev–Trinajstić information content (AvgIpc) is 2.61. The van der Waals surface area contributed by atoms with Crippen LogP contribution in [0.2, 0.25) is 0 Å². The van der Waals surface area contributed by atoms with E-state index in [2.05, 4.69) is 10.3 Å². The quantitative estimate of drug-likeness (QED) is 0.798. The molecule has 0 unspecified atom stereocenters. The molecule has 0 aliphatic carbocycles. The van der Waals surface area contributed by atoms with E-state index in [-0.39, 0.29) is 5.91 Å². The van der Waals surface area contributed by atoms with E-state index in [9.17, 15) is 4.79 Å². The first-order valence-corrected chi connectivity index (χ1v) is 7.30. The molecule has 0 atom stereocenters. The lowest BCUT2D eigenvalue weighted by Crippen LogP contribution is -2.23. The molecule has 0 radical (unpaired) electrons. The van der Waals surface area contributed by atoms with Crippen LogP contribution < -0.4 is 14.8 Å². The molecule has 1 aromatic carbocycles. The molecule has 0 bridgehead atoms. The summed E-state index contributed by atoms with van der Waals surface area (Å²) in [5.41, 5.74) is 1.91. The summed E-state index contributed by atoms with van der Waals surface area (Å²) in [6.07, 6.45) is 7.31. The monoisotopic (exact) mass is 312 g/mol. The third-order valence-corrected chi connectivity index (χ3v) is 3.30. The molecule has 0 saturated carbocycles. The minimum atomic E-state index is -0.138. The fourth-order valence-corrected chi connectivity index (χ4v) is 2.08. The normalized spacial score (nSPS) is 10.5. The van der Waals surface area contributed by atoms with E-state index in [0.717, 1.165) is 22.6 Å². The lowest BCUT2D eigenvalue weighted by molar-refractivity contribution is -0.116. The van der Waals surface area contributed by atoms with Gasteiger partial charge < -0.3 is 14.8 Å². The van der Waals surface area contributed by atoms with Crippen LogP contribution in [-0.2, 0) is 11.2 Å². The van der Waals surface area contributed by atoms with Gasteiger partial charge in [0.25, 0.3) is 0 Å². The summed E-state index contributed by atoms with van der Waals surface area (Å²) in [4.78, 5) is 15.8. The molecule has 5 nitrogen and oxygen atoms in total. The highest BCUT2D eigenvalue weighted by atomic mass is 16.5. The predicted octanol–water partition coefficient (Wildman–Crippen LogP) is 2.47. The van der Waals surface area contributed by atoms with E-state index in [1.54, 1.807) is 32.7 Å². The van der Waals surface area contributed by atoms with Crippen molar-refractivity contribution in [2.24, 2.45) is 0 Å². The van der Waals surface area contributed by atoms with Crippen molar-refractivity contribution in [3.63, 3.8) is 0 Å². The molecule has 0 aliphatic rings. The molecule has 0 spiro atoms. The van der Waals surface area contributed by atoms with Gasteiger partial charge in [0.1, 0.15) is 11.5 Å². The van der Waals surface area contributed by atoms with Crippen molar-refractivity contribution in [3.05, 3.63) is 59.9 Å². The standard InChI is InChI=1S/C18H20N2O3/c1-22-16-7-6-15(17(12-16)23-2)9-11-20-18(21)8-5-14-4-3-10-19-13-14/h3-8,10,12-13H,9,11H2,1-2H3,(H,20,21)/b8-5+. The maximum absolute atomic E-state index is 11.8. The van der Waals surface area contributed by atoms with Gasteiger partial charge in [0, 0.05) is 31.1 Å². The molecule has 1 amide bonds. The third kappa shape index (κ3) is 5.14. The molecule has 2 rings (SSSR count). The van der Waals surface area contributed by atoms with Crippen LogP contribution in [0, 0.1) is 0 Å². The molecule has 1 heterocycles. The number of pyridine rings is 1. The van der Waals surface area contributed by atoms with Gasteiger partial charge in [0.15, 0.2) is 0 Å². The molecule has 23 heavy (non-hydrogen) atoms. The summed E-state index contributed by atoms with van der Waals surface area (Å²) in [6.45, 7) is 0.527. The molecule has 1 aromatic heterocycles. The molecular weight excluding hydrogens is 292 g/mol. The molecule has 5 heteroatoms. The Balaban J connectivity index is 1.85. The van der Waals surface area contributed by atoms with Gasteiger partial charge in [-0.2, -0.15) is 0 Å². The Morgan fingerprint density at radius 3 is 2.83 bits per heavy atom. The van der Waals surface area contributed by atoms with Crippen LogP contribution in [0.15, 0.2) is 48.8 Å². The number of methoxy groups -OCH3 is 2. The number of carbonyl (C=O) groups excluding carboxylic acids is 1. The largest absolute Gasteiger partial charge is 0.497 e. The number of amides is 1. The number of rotatable bonds is 7. The van der Waals surface area contributed by atoms with Crippen molar-refractivity contribution in [1.82, 2.24) is 10.3 Å². The molecule has 0 aliphatic heterocycles. The summed E-state index contributed by atoms with van der Waals surface area (Å²) in [5, 5.41) is 2.85. The number of ether oxygens (including phenoxy) is 2. The number of aromatic nitrogens is 1. The molecular formula is C18H20N2O3. The van der Waals surface area contributed by atoms with Gasteiger partial charge in [-0.25, -0.2) is 0 Å². The van der Waals surface area contributed by atoms with Crippen LogP contribution in [-0.4, -0.2) is 31.7 Å². The zero-order valence-corrected chi connectivity index (χ0v) is 13.3. The number of nitrogens with one attached hydrogen (secondary N) is 1. The van der Waals surface area contributed by atoms with Crippen LogP contribution in [0.25, 0.3) is 6.08 Å². The second kappa shape index (κ2) is 8.58. The summed E-state index contributed by atoms with van der Waals surface area (Å²) >= 11 is 0. The van der Waals surface area contributed by atoms with Crippen molar-refractivity contribution in [3.8, 4) is 11.5 Å². The maximum atomic E-state index is 11.8. The number of hydrogen-bond donors (Lipinski definition) is 1. The van der Waals surface area contributed by atoms with E-state index in [0.29, 0.717) is 13.0 Å². The summed E-state index contributed by atoms with van der Waals surface area (Å²) in [5.74, 6) is 1.36. The van der Waals surface area contributed by atoms with Gasteiger partial charge in [0.2, 0.25) is 5.91 Å². The van der Waals surface area contributed by atoms with Gasteiger partial charge in [0.05, 0.1) is 14.2 Å². The molecule has 0 fully saturated rings. The van der Waals surface area contributed by atoms with E-state index in [4.69, 9.17) is 9.47 Å². The Hall–Kier alpha value is -2.82. The summed E-state index contributed by atoms with van der Waals surface area (Å²) in [7, 11) is 3.23. The molecule has 2 aromatic rings. The first kappa shape index (κ1) is 16.5.